The molecule has 7 nitrogen and oxygen atoms in total. The van der Waals surface area contributed by atoms with Crippen LogP contribution in [-0.2, 0) is 9.59 Å². The highest BCUT2D eigenvalue weighted by atomic mass is 79.9. The van der Waals surface area contributed by atoms with Gasteiger partial charge in [0.25, 0.3) is 11.1 Å². The molecule has 2 aliphatic rings. The number of phenols is 1. The number of nitrogens with zero attached hydrogens (tertiary/aromatic N) is 2. The molecule has 2 saturated heterocycles. The third-order valence-corrected chi connectivity index (χ3v) is 6.15. The number of halogens is 1. The van der Waals surface area contributed by atoms with Crippen molar-refractivity contribution in [3.05, 3.63) is 27.1 Å². The van der Waals surface area contributed by atoms with Gasteiger partial charge >= 0.3 is 0 Å². The second kappa shape index (κ2) is 9.67. The second-order valence-corrected chi connectivity index (χ2v) is 8.75. The number of benzene rings is 1. The van der Waals surface area contributed by atoms with E-state index in [9.17, 15) is 19.5 Å². The Morgan fingerprint density at radius 2 is 1.93 bits per heavy atom. The molecule has 2 aliphatic heterocycles. The van der Waals surface area contributed by atoms with Gasteiger partial charge in [-0.3, -0.25) is 19.3 Å². The summed E-state index contributed by atoms with van der Waals surface area (Å²) < 4.78 is 6.06. The van der Waals surface area contributed by atoms with Crippen molar-refractivity contribution in [3.63, 3.8) is 0 Å². The van der Waals surface area contributed by atoms with Crippen LogP contribution in [0.1, 0.15) is 38.2 Å². The molecule has 1 N–H and O–H groups in total. The van der Waals surface area contributed by atoms with E-state index in [2.05, 4.69) is 15.9 Å². The molecule has 0 spiro atoms. The van der Waals surface area contributed by atoms with Crippen molar-refractivity contribution in [2.45, 2.75) is 32.6 Å². The van der Waals surface area contributed by atoms with Gasteiger partial charge in [0.1, 0.15) is 6.54 Å². The number of carbonyl (C=O) groups excluding carboxylic acids is 3. The van der Waals surface area contributed by atoms with E-state index in [1.165, 1.54) is 6.08 Å². The zero-order chi connectivity index (χ0) is 21.0. The summed E-state index contributed by atoms with van der Waals surface area (Å²) in [6.07, 6.45) is 5.52. The first-order chi connectivity index (χ1) is 13.9. The van der Waals surface area contributed by atoms with E-state index in [1.807, 2.05) is 0 Å². The van der Waals surface area contributed by atoms with Crippen LogP contribution in [-0.4, -0.2) is 58.2 Å². The largest absolute Gasteiger partial charge is 0.504 e. The number of amides is 3. The summed E-state index contributed by atoms with van der Waals surface area (Å²) in [7, 11) is 0. The number of imide groups is 1. The standard InChI is InChI=1S/C20H23BrN2O5S/c1-2-28-15-11-14(21)9-13(18(15)25)10-16-19(26)23(20(27)29-16)12-17(24)22-7-5-3-4-6-8-22/h9-11,25H,2-8,12H2,1H3. The molecule has 156 valence electrons. The number of hydrogen-bond donors (Lipinski definition) is 1. The molecule has 1 aromatic rings. The van der Waals surface area contributed by atoms with Crippen LogP contribution in [0.4, 0.5) is 4.79 Å². The van der Waals surface area contributed by atoms with Crippen LogP contribution in [0.5, 0.6) is 11.5 Å². The maximum Gasteiger partial charge on any atom is 0.294 e. The smallest absolute Gasteiger partial charge is 0.294 e. The van der Waals surface area contributed by atoms with Crippen molar-refractivity contribution in [3.8, 4) is 11.5 Å². The number of phenolic OH excluding ortho intramolecular Hbond substituents is 1. The van der Waals surface area contributed by atoms with Crippen molar-refractivity contribution in [2.24, 2.45) is 0 Å². The van der Waals surface area contributed by atoms with Gasteiger partial charge in [-0.25, -0.2) is 0 Å². The van der Waals surface area contributed by atoms with Gasteiger partial charge in [-0.2, -0.15) is 0 Å². The Morgan fingerprint density at radius 1 is 1.24 bits per heavy atom. The molecule has 0 saturated carbocycles. The van der Waals surface area contributed by atoms with Gasteiger partial charge in [0.15, 0.2) is 11.5 Å². The first-order valence-electron chi connectivity index (χ1n) is 9.59. The van der Waals surface area contributed by atoms with E-state index >= 15 is 0 Å². The van der Waals surface area contributed by atoms with Gasteiger partial charge in [-0.1, -0.05) is 28.8 Å². The summed E-state index contributed by atoms with van der Waals surface area (Å²) in [6.45, 7) is 3.25. The van der Waals surface area contributed by atoms with Gasteiger partial charge in [-0.15, -0.1) is 0 Å². The average Bonchev–Trinajstić information content (AvgIpc) is 2.88. The molecule has 0 unspecified atom stereocenters. The maximum atomic E-state index is 12.7. The van der Waals surface area contributed by atoms with Gasteiger partial charge in [0.2, 0.25) is 5.91 Å². The van der Waals surface area contributed by atoms with Crippen LogP contribution < -0.4 is 4.74 Å². The molecule has 0 aromatic heterocycles. The number of carbonyl (C=O) groups is 3. The number of thioether (sulfide) groups is 1. The highest BCUT2D eigenvalue weighted by Crippen LogP contribution is 2.38. The normalized spacial score (nSPS) is 19.0. The molecule has 3 rings (SSSR count). The fourth-order valence-electron chi connectivity index (χ4n) is 3.30. The van der Waals surface area contributed by atoms with Crippen molar-refractivity contribution >= 4 is 50.8 Å². The van der Waals surface area contributed by atoms with Gasteiger partial charge in [0.05, 0.1) is 11.5 Å². The quantitative estimate of drug-likeness (QED) is 0.638. The Labute approximate surface area is 182 Å². The molecule has 2 fully saturated rings. The van der Waals surface area contributed by atoms with Crippen LogP contribution in [0.15, 0.2) is 21.5 Å². The molecule has 29 heavy (non-hydrogen) atoms. The Balaban J connectivity index is 1.77. The minimum Gasteiger partial charge on any atom is -0.504 e. The molecular formula is C20H23BrN2O5S. The lowest BCUT2D eigenvalue weighted by molar-refractivity contribution is -0.135. The zero-order valence-electron chi connectivity index (χ0n) is 16.1. The van der Waals surface area contributed by atoms with E-state index in [0.717, 1.165) is 42.3 Å². The fourth-order valence-corrected chi connectivity index (χ4v) is 4.59. The van der Waals surface area contributed by atoms with Crippen LogP contribution >= 0.6 is 27.7 Å². The van der Waals surface area contributed by atoms with E-state index in [1.54, 1.807) is 24.0 Å². The minimum atomic E-state index is -0.527. The number of hydrogen-bond acceptors (Lipinski definition) is 6. The highest BCUT2D eigenvalue weighted by Gasteiger charge is 2.37. The lowest BCUT2D eigenvalue weighted by Gasteiger charge is -2.22. The number of rotatable bonds is 5. The Kier molecular flexibility index (Phi) is 7.23. The first kappa shape index (κ1) is 21.7. The third-order valence-electron chi connectivity index (χ3n) is 4.78. The molecule has 0 aliphatic carbocycles. The molecule has 3 amide bonds. The summed E-state index contributed by atoms with van der Waals surface area (Å²) in [5.41, 5.74) is 0.354. The van der Waals surface area contributed by atoms with Gasteiger partial charge < -0.3 is 14.7 Å². The summed E-state index contributed by atoms with van der Waals surface area (Å²) in [6, 6.07) is 3.26. The topological polar surface area (TPSA) is 87.2 Å². The fraction of sp³-hybridized carbons (Fsp3) is 0.450. The third kappa shape index (κ3) is 5.14. The molecule has 9 heteroatoms. The summed E-state index contributed by atoms with van der Waals surface area (Å²) in [5.74, 6) is -0.564. The van der Waals surface area contributed by atoms with Crippen LogP contribution in [0, 0.1) is 0 Å². The van der Waals surface area contributed by atoms with Crippen LogP contribution in [0.25, 0.3) is 6.08 Å². The Bertz CT molecular complexity index is 850. The molecule has 0 bridgehead atoms. The van der Waals surface area contributed by atoms with Crippen molar-refractivity contribution in [1.82, 2.24) is 9.80 Å². The van der Waals surface area contributed by atoms with Crippen molar-refractivity contribution in [1.29, 1.82) is 0 Å². The predicted octanol–water partition coefficient (Wildman–Crippen LogP) is 3.99. The first-order valence-corrected chi connectivity index (χ1v) is 11.2. The van der Waals surface area contributed by atoms with Gasteiger partial charge in [-0.05, 0) is 49.7 Å². The SMILES string of the molecule is CCOc1cc(Br)cc(C=C2SC(=O)N(CC(=O)N3CCCCCC3)C2=O)c1O. The zero-order valence-corrected chi connectivity index (χ0v) is 18.6. The second-order valence-electron chi connectivity index (χ2n) is 6.84. The Hall–Kier alpha value is -2.00. The van der Waals surface area contributed by atoms with E-state index in [-0.39, 0.29) is 28.9 Å². The predicted molar refractivity (Wildman–Crippen MR) is 115 cm³/mol. The van der Waals surface area contributed by atoms with Crippen molar-refractivity contribution in [2.75, 3.05) is 26.2 Å². The summed E-state index contributed by atoms with van der Waals surface area (Å²) >= 11 is 4.11. The summed E-state index contributed by atoms with van der Waals surface area (Å²) in [5, 5.41) is 9.91. The monoisotopic (exact) mass is 482 g/mol. The maximum absolute atomic E-state index is 12.7. The van der Waals surface area contributed by atoms with E-state index in [4.69, 9.17) is 4.74 Å². The minimum absolute atomic E-state index is 0.109. The molecule has 0 atom stereocenters. The molecule has 2 heterocycles. The summed E-state index contributed by atoms with van der Waals surface area (Å²) in [4.78, 5) is 40.5. The van der Waals surface area contributed by atoms with Crippen molar-refractivity contribution < 1.29 is 24.2 Å². The highest BCUT2D eigenvalue weighted by molar-refractivity contribution is 9.10. The van der Waals surface area contributed by atoms with E-state index < -0.39 is 11.1 Å². The van der Waals surface area contributed by atoms with Crippen LogP contribution in [0.2, 0.25) is 0 Å². The number of likely N-dealkylation sites (tertiary alicyclic amines) is 1. The van der Waals surface area contributed by atoms with E-state index in [0.29, 0.717) is 29.7 Å². The number of aromatic hydroxyl groups is 1. The molecular weight excluding hydrogens is 460 g/mol. The average molecular weight is 483 g/mol. The number of ether oxygens (including phenoxy) is 1. The molecule has 1 aromatic carbocycles. The van der Waals surface area contributed by atoms with Crippen LogP contribution in [0.3, 0.4) is 0 Å². The lowest BCUT2D eigenvalue weighted by atomic mass is 10.1. The Morgan fingerprint density at radius 3 is 2.59 bits per heavy atom. The van der Waals surface area contributed by atoms with Gasteiger partial charge in [0, 0.05) is 23.1 Å². The lowest BCUT2D eigenvalue weighted by Crippen LogP contribution is -2.42. The molecule has 0 radical (unpaired) electrons.